The standard InChI is InChI=1S/C24H30FN9O3/c1-3-15-13-33(22-20(25)28-18(12-27-22)23-31-30-14(2)37-23)10-11-34(15)16-6-8-32(9-7-16)24(36)17-4-5-19(35)29-21(17)26/h4-5,12,15-16H,3,6-11,13H2,1-2H3,(H3,26,29,35). The third-order valence-electron chi connectivity index (χ3n) is 7.16. The lowest BCUT2D eigenvalue weighted by Gasteiger charge is -2.47. The van der Waals surface area contributed by atoms with Gasteiger partial charge < -0.3 is 24.9 Å². The largest absolute Gasteiger partial charge is 0.420 e. The van der Waals surface area contributed by atoms with Crippen molar-refractivity contribution in [3.63, 3.8) is 0 Å². The van der Waals surface area contributed by atoms with E-state index in [1.165, 1.54) is 18.3 Å². The minimum Gasteiger partial charge on any atom is -0.420 e. The number of aromatic amines is 1. The normalized spacial score (nSPS) is 19.4. The molecule has 1 unspecified atom stereocenters. The topological polar surface area (TPSA) is 150 Å². The fourth-order valence-electron chi connectivity index (χ4n) is 5.23. The number of hydrogen-bond acceptors (Lipinski definition) is 10. The lowest BCUT2D eigenvalue weighted by Crippen LogP contribution is -2.59. The molecule has 0 bridgehead atoms. The lowest BCUT2D eigenvalue weighted by atomic mass is 9.97. The Kier molecular flexibility index (Phi) is 6.87. The van der Waals surface area contributed by atoms with Crippen molar-refractivity contribution in [3.8, 4) is 11.6 Å². The molecule has 1 atom stereocenters. The number of anilines is 2. The maximum atomic E-state index is 14.9. The van der Waals surface area contributed by atoms with Crippen LogP contribution in [0.5, 0.6) is 0 Å². The highest BCUT2D eigenvalue weighted by Crippen LogP contribution is 2.28. The zero-order valence-corrected chi connectivity index (χ0v) is 20.9. The van der Waals surface area contributed by atoms with E-state index in [0.29, 0.717) is 43.7 Å². The molecule has 0 aromatic carbocycles. The van der Waals surface area contributed by atoms with Gasteiger partial charge in [0, 0.05) is 57.8 Å². The van der Waals surface area contributed by atoms with Crippen molar-refractivity contribution < 1.29 is 13.6 Å². The quantitative estimate of drug-likeness (QED) is 0.515. The SMILES string of the molecule is CCC1CN(c2ncc(-c3nnc(C)o3)nc2F)CCN1C1CCN(C(=O)c2ccc(=O)[nH]c2N)CC1. The van der Waals surface area contributed by atoms with Gasteiger partial charge in [-0.25, -0.2) is 9.97 Å². The first-order valence-electron chi connectivity index (χ1n) is 12.5. The number of carbonyl (C=O) groups is 1. The van der Waals surface area contributed by atoms with Crippen LogP contribution in [0, 0.1) is 12.9 Å². The highest BCUT2D eigenvalue weighted by molar-refractivity contribution is 5.98. The predicted molar refractivity (Wildman–Crippen MR) is 133 cm³/mol. The van der Waals surface area contributed by atoms with E-state index in [1.807, 2.05) is 4.90 Å². The highest BCUT2D eigenvalue weighted by atomic mass is 19.1. The van der Waals surface area contributed by atoms with Gasteiger partial charge in [0.15, 0.2) is 5.82 Å². The molecular weight excluding hydrogens is 481 g/mol. The number of nitrogens with two attached hydrogens (primary N) is 1. The lowest BCUT2D eigenvalue weighted by molar-refractivity contribution is 0.0490. The Hall–Kier alpha value is -3.87. The van der Waals surface area contributed by atoms with E-state index in [2.05, 4.69) is 37.0 Å². The minimum atomic E-state index is -0.662. The van der Waals surface area contributed by atoms with Crippen molar-refractivity contribution >= 4 is 17.5 Å². The third-order valence-corrected chi connectivity index (χ3v) is 7.16. The van der Waals surface area contributed by atoms with Gasteiger partial charge in [0.25, 0.3) is 17.7 Å². The molecule has 3 aromatic rings. The minimum absolute atomic E-state index is 0.0948. The van der Waals surface area contributed by atoms with Crippen LogP contribution in [0.25, 0.3) is 11.6 Å². The first-order valence-corrected chi connectivity index (χ1v) is 12.5. The number of aromatic nitrogens is 5. The molecule has 196 valence electrons. The molecule has 3 aromatic heterocycles. The van der Waals surface area contributed by atoms with Gasteiger partial charge in [-0.15, -0.1) is 10.2 Å². The Morgan fingerprint density at radius 1 is 1.22 bits per heavy atom. The molecule has 12 nitrogen and oxygen atoms in total. The van der Waals surface area contributed by atoms with Gasteiger partial charge >= 0.3 is 0 Å². The van der Waals surface area contributed by atoms with E-state index in [4.69, 9.17) is 10.2 Å². The summed E-state index contributed by atoms with van der Waals surface area (Å²) in [6.45, 7) is 7.01. The number of carbonyl (C=O) groups excluding carboxylic acids is 1. The molecule has 1 amide bonds. The maximum Gasteiger partial charge on any atom is 0.267 e. The summed E-state index contributed by atoms with van der Waals surface area (Å²) < 4.78 is 20.3. The van der Waals surface area contributed by atoms with Gasteiger partial charge in [-0.2, -0.15) is 4.39 Å². The molecule has 3 N–H and O–H groups in total. The van der Waals surface area contributed by atoms with E-state index in [9.17, 15) is 14.0 Å². The van der Waals surface area contributed by atoms with Gasteiger partial charge in [-0.3, -0.25) is 14.5 Å². The van der Waals surface area contributed by atoms with E-state index in [0.717, 1.165) is 25.8 Å². The van der Waals surface area contributed by atoms with Crippen molar-refractivity contribution in [1.29, 1.82) is 0 Å². The molecule has 5 heterocycles. The van der Waals surface area contributed by atoms with Crippen molar-refractivity contribution in [3.05, 3.63) is 46.1 Å². The molecule has 0 saturated carbocycles. The van der Waals surface area contributed by atoms with Gasteiger partial charge in [-0.05, 0) is 25.3 Å². The summed E-state index contributed by atoms with van der Waals surface area (Å²) in [5.74, 6) is -0.00434. The van der Waals surface area contributed by atoms with Gasteiger partial charge in [0.1, 0.15) is 11.5 Å². The second-order valence-corrected chi connectivity index (χ2v) is 9.42. The molecule has 2 saturated heterocycles. The molecule has 2 aliphatic rings. The third kappa shape index (κ3) is 5.03. The van der Waals surface area contributed by atoms with Crippen LogP contribution in [0.2, 0.25) is 0 Å². The maximum absolute atomic E-state index is 14.9. The summed E-state index contributed by atoms with van der Waals surface area (Å²) in [4.78, 5) is 41.4. The average molecular weight is 512 g/mol. The van der Waals surface area contributed by atoms with Gasteiger partial charge in [0.2, 0.25) is 11.4 Å². The first-order chi connectivity index (χ1) is 17.8. The molecule has 5 rings (SSSR count). The number of hydrogen-bond donors (Lipinski definition) is 2. The van der Waals surface area contributed by atoms with E-state index >= 15 is 0 Å². The van der Waals surface area contributed by atoms with Crippen LogP contribution in [0.1, 0.15) is 42.4 Å². The van der Waals surface area contributed by atoms with E-state index in [1.54, 1.807) is 11.8 Å². The molecule has 0 spiro atoms. The fraction of sp³-hybridized carbons (Fsp3) is 0.500. The zero-order valence-electron chi connectivity index (χ0n) is 20.9. The van der Waals surface area contributed by atoms with Crippen LogP contribution in [0.4, 0.5) is 16.0 Å². The molecule has 0 radical (unpaired) electrons. The summed E-state index contributed by atoms with van der Waals surface area (Å²) in [5, 5.41) is 7.63. The second-order valence-electron chi connectivity index (χ2n) is 9.42. The van der Waals surface area contributed by atoms with Crippen molar-refractivity contribution in [2.75, 3.05) is 43.4 Å². The number of nitrogens with one attached hydrogen (secondary N) is 1. The predicted octanol–water partition coefficient (Wildman–Crippen LogP) is 1.45. The second kappa shape index (κ2) is 10.2. The Bertz CT molecular complexity index is 1330. The summed E-state index contributed by atoms with van der Waals surface area (Å²) in [7, 11) is 0. The van der Waals surface area contributed by atoms with Crippen LogP contribution < -0.4 is 16.2 Å². The van der Waals surface area contributed by atoms with Crippen LogP contribution in [-0.2, 0) is 0 Å². The van der Waals surface area contributed by atoms with Crippen LogP contribution >= 0.6 is 0 Å². The Morgan fingerprint density at radius 3 is 2.65 bits per heavy atom. The van der Waals surface area contributed by atoms with Crippen LogP contribution in [0.3, 0.4) is 0 Å². The molecule has 0 aliphatic carbocycles. The highest BCUT2D eigenvalue weighted by Gasteiger charge is 2.35. The summed E-state index contributed by atoms with van der Waals surface area (Å²) in [6.07, 6.45) is 4.02. The van der Waals surface area contributed by atoms with Gasteiger partial charge in [0.05, 0.1) is 11.8 Å². The summed E-state index contributed by atoms with van der Waals surface area (Å²) in [5.41, 5.74) is 6.05. The van der Waals surface area contributed by atoms with Crippen molar-refractivity contribution in [1.82, 2.24) is 34.9 Å². The van der Waals surface area contributed by atoms with Crippen LogP contribution in [-0.4, -0.2) is 85.7 Å². The van der Waals surface area contributed by atoms with E-state index < -0.39 is 5.95 Å². The average Bonchev–Trinajstić information content (AvgIpc) is 3.34. The fourth-order valence-corrected chi connectivity index (χ4v) is 5.23. The van der Waals surface area contributed by atoms with Crippen LogP contribution in [0.15, 0.2) is 27.5 Å². The number of nitrogens with zero attached hydrogens (tertiary/aromatic N) is 7. The number of nitrogen functional groups attached to an aromatic ring is 1. The molecular formula is C24H30FN9O3. The van der Waals surface area contributed by atoms with E-state index in [-0.39, 0.29) is 40.7 Å². The Balaban J connectivity index is 1.21. The molecule has 2 aliphatic heterocycles. The monoisotopic (exact) mass is 511 g/mol. The molecule has 37 heavy (non-hydrogen) atoms. The number of rotatable bonds is 5. The molecule has 13 heteroatoms. The van der Waals surface area contributed by atoms with Crippen molar-refractivity contribution in [2.24, 2.45) is 0 Å². The number of piperazine rings is 1. The number of H-pyrrole nitrogens is 1. The summed E-state index contributed by atoms with van der Waals surface area (Å²) in [6, 6.07) is 3.33. The van der Waals surface area contributed by atoms with Gasteiger partial charge in [-0.1, -0.05) is 6.92 Å². The first kappa shape index (κ1) is 24.8. The van der Waals surface area contributed by atoms with Crippen molar-refractivity contribution in [2.45, 2.75) is 45.2 Å². The number of amides is 1. The number of halogens is 1. The number of aryl methyl sites for hydroxylation is 1. The number of pyridine rings is 1. The smallest absolute Gasteiger partial charge is 0.267 e. The number of piperidine rings is 1. The molecule has 2 fully saturated rings. The number of likely N-dealkylation sites (tertiary alicyclic amines) is 1. The Morgan fingerprint density at radius 2 is 2.00 bits per heavy atom. The zero-order chi connectivity index (χ0) is 26.1. The Labute approximate surface area is 212 Å². The summed E-state index contributed by atoms with van der Waals surface area (Å²) >= 11 is 0.